The van der Waals surface area contributed by atoms with Crippen LogP contribution < -0.4 is 4.74 Å². The Labute approximate surface area is 124 Å². The summed E-state index contributed by atoms with van der Waals surface area (Å²) in [4.78, 5) is 13.5. The summed E-state index contributed by atoms with van der Waals surface area (Å²) >= 11 is 0. The van der Waals surface area contributed by atoms with Gasteiger partial charge in [0.15, 0.2) is 0 Å². The first kappa shape index (κ1) is 15.8. The Morgan fingerprint density at radius 1 is 1.43 bits per heavy atom. The number of hydrogen-bond donors (Lipinski definition) is 1. The quantitative estimate of drug-likeness (QED) is 0.907. The van der Waals surface area contributed by atoms with E-state index in [-0.39, 0.29) is 5.82 Å². The topological polar surface area (TPSA) is 49.8 Å². The summed E-state index contributed by atoms with van der Waals surface area (Å²) in [6, 6.07) is 4.86. The molecule has 1 fully saturated rings. The highest BCUT2D eigenvalue weighted by molar-refractivity contribution is 5.74. The van der Waals surface area contributed by atoms with E-state index in [1.807, 2.05) is 6.92 Å². The molecule has 2 rings (SSSR count). The van der Waals surface area contributed by atoms with E-state index in [1.165, 1.54) is 13.2 Å². The lowest BCUT2D eigenvalue weighted by Gasteiger charge is -2.38. The molecule has 0 spiro atoms. The van der Waals surface area contributed by atoms with Crippen molar-refractivity contribution in [1.82, 2.24) is 4.90 Å². The normalized spacial score (nSPS) is 18.4. The minimum absolute atomic E-state index is 0.278. The number of carbonyl (C=O) groups is 1. The molecule has 0 aliphatic carbocycles. The van der Waals surface area contributed by atoms with Gasteiger partial charge >= 0.3 is 5.97 Å². The Hall–Kier alpha value is -1.62. The molecule has 0 amide bonds. The molecule has 1 heterocycles. The van der Waals surface area contributed by atoms with Crippen LogP contribution in [0.15, 0.2) is 18.2 Å². The molecule has 1 aliphatic heterocycles. The number of aliphatic carboxylic acids is 1. The second-order valence-corrected chi connectivity index (χ2v) is 5.67. The first-order valence-corrected chi connectivity index (χ1v) is 7.29. The summed E-state index contributed by atoms with van der Waals surface area (Å²) in [5, 5.41) is 9.37. The van der Waals surface area contributed by atoms with Gasteiger partial charge in [0.1, 0.15) is 11.6 Å². The zero-order chi connectivity index (χ0) is 15.5. The molecule has 0 bridgehead atoms. The molecule has 21 heavy (non-hydrogen) atoms. The van der Waals surface area contributed by atoms with Gasteiger partial charge in [-0.2, -0.15) is 0 Å². The molecule has 5 heteroatoms. The predicted molar refractivity (Wildman–Crippen MR) is 77.8 cm³/mol. The van der Waals surface area contributed by atoms with Gasteiger partial charge in [-0.05, 0) is 38.4 Å². The van der Waals surface area contributed by atoms with E-state index in [0.29, 0.717) is 50.2 Å². The van der Waals surface area contributed by atoms with Crippen LogP contribution in [0.4, 0.5) is 4.39 Å². The highest BCUT2D eigenvalue weighted by Gasteiger charge is 2.39. The average molecular weight is 295 g/mol. The van der Waals surface area contributed by atoms with Crippen molar-refractivity contribution in [2.45, 2.75) is 32.7 Å². The van der Waals surface area contributed by atoms with Gasteiger partial charge in [0.25, 0.3) is 0 Å². The molecule has 1 N–H and O–H groups in total. The third kappa shape index (κ3) is 3.35. The molecule has 0 saturated carbocycles. The number of halogens is 1. The molecular formula is C16H22FNO3. The second kappa shape index (κ2) is 6.43. The number of carboxylic acid groups (broad SMARTS) is 1. The molecule has 0 aromatic heterocycles. The largest absolute Gasteiger partial charge is 0.497 e. The van der Waals surface area contributed by atoms with Crippen molar-refractivity contribution in [2.75, 3.05) is 20.2 Å². The molecule has 116 valence electrons. The van der Waals surface area contributed by atoms with Crippen molar-refractivity contribution in [3.8, 4) is 5.75 Å². The number of carboxylic acids is 1. The van der Waals surface area contributed by atoms with Crippen LogP contribution in [-0.4, -0.2) is 36.2 Å². The van der Waals surface area contributed by atoms with Gasteiger partial charge in [-0.1, -0.05) is 13.0 Å². The smallest absolute Gasteiger partial charge is 0.309 e. The van der Waals surface area contributed by atoms with Crippen LogP contribution in [0.2, 0.25) is 0 Å². The van der Waals surface area contributed by atoms with E-state index in [9.17, 15) is 14.3 Å². The fourth-order valence-corrected chi connectivity index (χ4v) is 2.88. The standard InChI is InChI=1S/C16H22FNO3/c1-3-16(15(19)20)6-8-18(9-7-16)11-12-4-5-13(21-2)10-14(12)17/h4-5,10H,3,6-9,11H2,1-2H3,(H,19,20). The summed E-state index contributed by atoms with van der Waals surface area (Å²) in [6.07, 6.45) is 1.89. The number of ether oxygens (including phenoxy) is 1. The summed E-state index contributed by atoms with van der Waals surface area (Å²) < 4.78 is 18.9. The maximum Gasteiger partial charge on any atom is 0.309 e. The molecule has 1 aliphatic rings. The van der Waals surface area contributed by atoms with Crippen molar-refractivity contribution in [1.29, 1.82) is 0 Å². The second-order valence-electron chi connectivity index (χ2n) is 5.67. The van der Waals surface area contributed by atoms with Crippen LogP contribution in [0.5, 0.6) is 5.75 Å². The molecule has 1 aromatic rings. The zero-order valence-corrected chi connectivity index (χ0v) is 12.6. The number of hydrogen-bond acceptors (Lipinski definition) is 3. The monoisotopic (exact) mass is 295 g/mol. The Kier molecular flexibility index (Phi) is 4.83. The van der Waals surface area contributed by atoms with Crippen LogP contribution in [0.3, 0.4) is 0 Å². The zero-order valence-electron chi connectivity index (χ0n) is 12.6. The minimum Gasteiger partial charge on any atom is -0.497 e. The van der Waals surface area contributed by atoms with Crippen molar-refractivity contribution >= 4 is 5.97 Å². The molecule has 1 aromatic carbocycles. The van der Waals surface area contributed by atoms with Crippen LogP contribution in [-0.2, 0) is 11.3 Å². The molecule has 0 unspecified atom stereocenters. The third-order valence-electron chi connectivity index (χ3n) is 4.60. The summed E-state index contributed by atoms with van der Waals surface area (Å²) in [5.41, 5.74) is 0.0183. The molecule has 1 saturated heterocycles. The van der Waals surface area contributed by atoms with Gasteiger partial charge in [0.2, 0.25) is 0 Å². The highest BCUT2D eigenvalue weighted by atomic mass is 19.1. The van der Waals surface area contributed by atoms with Gasteiger partial charge < -0.3 is 9.84 Å². The Morgan fingerprint density at radius 3 is 2.57 bits per heavy atom. The number of methoxy groups -OCH3 is 1. The van der Waals surface area contributed by atoms with Crippen LogP contribution >= 0.6 is 0 Å². The maximum atomic E-state index is 13.9. The van der Waals surface area contributed by atoms with E-state index in [0.717, 1.165) is 0 Å². The van der Waals surface area contributed by atoms with Gasteiger partial charge in [-0.3, -0.25) is 9.69 Å². The van der Waals surface area contributed by atoms with E-state index in [2.05, 4.69) is 4.90 Å². The van der Waals surface area contributed by atoms with E-state index in [1.54, 1.807) is 12.1 Å². The van der Waals surface area contributed by atoms with Gasteiger partial charge in [0.05, 0.1) is 12.5 Å². The van der Waals surface area contributed by atoms with E-state index >= 15 is 0 Å². The molecular weight excluding hydrogens is 273 g/mol. The fraction of sp³-hybridized carbons (Fsp3) is 0.562. The lowest BCUT2D eigenvalue weighted by Crippen LogP contribution is -2.43. The van der Waals surface area contributed by atoms with Gasteiger partial charge in [0, 0.05) is 18.2 Å². The van der Waals surface area contributed by atoms with Crippen LogP contribution in [0.25, 0.3) is 0 Å². The molecule has 0 radical (unpaired) electrons. The number of likely N-dealkylation sites (tertiary alicyclic amines) is 1. The van der Waals surface area contributed by atoms with E-state index < -0.39 is 11.4 Å². The Bertz CT molecular complexity index is 510. The van der Waals surface area contributed by atoms with Crippen molar-refractivity contribution in [3.05, 3.63) is 29.6 Å². The number of piperidine rings is 1. The van der Waals surface area contributed by atoms with Crippen LogP contribution in [0, 0.1) is 11.2 Å². The maximum absolute atomic E-state index is 13.9. The van der Waals surface area contributed by atoms with Gasteiger partial charge in [-0.25, -0.2) is 4.39 Å². The van der Waals surface area contributed by atoms with Crippen LogP contribution in [0.1, 0.15) is 31.7 Å². The number of rotatable bonds is 5. The third-order valence-corrected chi connectivity index (χ3v) is 4.60. The summed E-state index contributed by atoms with van der Waals surface area (Å²) in [7, 11) is 1.51. The number of benzene rings is 1. The lowest BCUT2D eigenvalue weighted by atomic mass is 9.76. The van der Waals surface area contributed by atoms with E-state index in [4.69, 9.17) is 4.74 Å². The minimum atomic E-state index is -0.708. The Balaban J connectivity index is 1.99. The SMILES string of the molecule is CCC1(C(=O)O)CCN(Cc2ccc(OC)cc2F)CC1. The molecule has 0 atom stereocenters. The lowest BCUT2D eigenvalue weighted by molar-refractivity contribution is -0.152. The van der Waals surface area contributed by atoms with Crippen molar-refractivity contribution in [2.24, 2.45) is 5.41 Å². The highest BCUT2D eigenvalue weighted by Crippen LogP contribution is 2.35. The molecule has 4 nitrogen and oxygen atoms in total. The van der Waals surface area contributed by atoms with Gasteiger partial charge in [-0.15, -0.1) is 0 Å². The predicted octanol–water partition coefficient (Wildman–Crippen LogP) is 2.91. The fourth-order valence-electron chi connectivity index (χ4n) is 2.88. The van der Waals surface area contributed by atoms with Crippen molar-refractivity contribution in [3.63, 3.8) is 0 Å². The summed E-state index contributed by atoms with van der Waals surface area (Å²) in [6.45, 7) is 3.80. The van der Waals surface area contributed by atoms with Crippen molar-refractivity contribution < 1.29 is 19.0 Å². The summed E-state index contributed by atoms with van der Waals surface area (Å²) in [5.74, 6) is -0.481. The Morgan fingerprint density at radius 2 is 2.10 bits per heavy atom. The average Bonchev–Trinajstić information content (AvgIpc) is 2.50. The first-order valence-electron chi connectivity index (χ1n) is 7.29. The number of nitrogens with zero attached hydrogens (tertiary/aromatic N) is 1. The first-order chi connectivity index (χ1) is 10.0.